The van der Waals surface area contributed by atoms with Crippen LogP contribution in [-0.4, -0.2) is 44.8 Å². The zero-order valence-electron chi connectivity index (χ0n) is 16.2. The Bertz CT molecular complexity index is 744. The highest BCUT2D eigenvalue weighted by molar-refractivity contribution is 5.77. The highest BCUT2D eigenvalue weighted by Crippen LogP contribution is 2.35. The number of rotatable bonds is 8. The Labute approximate surface area is 160 Å². The molecule has 1 aromatic carbocycles. The van der Waals surface area contributed by atoms with Crippen LogP contribution in [0.25, 0.3) is 11.5 Å². The summed E-state index contributed by atoms with van der Waals surface area (Å²) in [5.74, 6) is 1.62. The molecular weight excluding hydrogens is 342 g/mol. The van der Waals surface area contributed by atoms with E-state index >= 15 is 0 Å². The van der Waals surface area contributed by atoms with Gasteiger partial charge in [0.1, 0.15) is 0 Å². The van der Waals surface area contributed by atoms with Gasteiger partial charge < -0.3 is 14.4 Å². The van der Waals surface area contributed by atoms with Crippen molar-refractivity contribution in [3.8, 4) is 11.5 Å². The van der Waals surface area contributed by atoms with Crippen LogP contribution in [0.15, 0.2) is 34.7 Å². The highest BCUT2D eigenvalue weighted by Gasteiger charge is 2.42. The molecule has 0 unspecified atom stereocenters. The molecule has 0 aliphatic carbocycles. The number of aliphatic hydroxyl groups excluding tert-OH is 1. The summed E-state index contributed by atoms with van der Waals surface area (Å²) in [5.41, 5.74) is 0.516. The second-order valence-corrected chi connectivity index (χ2v) is 7.85. The topological polar surface area (TPSA) is 79.5 Å². The van der Waals surface area contributed by atoms with Gasteiger partial charge in [-0.15, -0.1) is 10.2 Å². The maximum Gasteiger partial charge on any atom is 0.247 e. The number of carbonyl (C=O) groups is 1. The standard InChI is InChI=1S/C21H29N3O3/c1-16(2)14-21(15-25)12-7-13-24(21)19(26)11-6-10-18-22-23-20(27-18)17-8-4-3-5-9-17/h3-5,8-9,16,25H,6-7,10-15H2,1-2H3/t21-/m0/s1. The molecule has 1 aliphatic rings. The number of aliphatic hydroxyl groups is 1. The molecule has 1 N–H and O–H groups in total. The van der Waals surface area contributed by atoms with Gasteiger partial charge in [0.15, 0.2) is 0 Å². The van der Waals surface area contributed by atoms with Gasteiger partial charge in [-0.25, -0.2) is 0 Å². The highest BCUT2D eigenvalue weighted by atomic mass is 16.4. The largest absolute Gasteiger partial charge is 0.421 e. The molecule has 0 saturated carbocycles. The van der Waals surface area contributed by atoms with Gasteiger partial charge in [0.25, 0.3) is 0 Å². The Morgan fingerprint density at radius 2 is 2.07 bits per heavy atom. The number of aromatic nitrogens is 2. The molecule has 0 spiro atoms. The van der Waals surface area contributed by atoms with Gasteiger partial charge in [-0.05, 0) is 43.7 Å². The predicted octanol–water partition coefficient (Wildman–Crippen LogP) is 3.46. The van der Waals surface area contributed by atoms with Crippen LogP contribution in [0.1, 0.15) is 51.8 Å². The number of amides is 1. The molecule has 0 bridgehead atoms. The smallest absolute Gasteiger partial charge is 0.247 e. The molecule has 6 nitrogen and oxygen atoms in total. The predicted molar refractivity (Wildman–Crippen MR) is 103 cm³/mol. The van der Waals surface area contributed by atoms with E-state index in [-0.39, 0.29) is 18.1 Å². The molecule has 3 rings (SSSR count). The molecule has 146 valence electrons. The van der Waals surface area contributed by atoms with Crippen molar-refractivity contribution in [3.63, 3.8) is 0 Å². The summed E-state index contributed by atoms with van der Waals surface area (Å²) < 4.78 is 5.70. The van der Waals surface area contributed by atoms with Crippen LogP contribution < -0.4 is 0 Å². The van der Waals surface area contributed by atoms with Gasteiger partial charge in [-0.1, -0.05) is 32.0 Å². The van der Waals surface area contributed by atoms with E-state index in [1.165, 1.54) is 0 Å². The minimum Gasteiger partial charge on any atom is -0.421 e. The maximum atomic E-state index is 12.8. The normalized spacial score (nSPS) is 19.8. The minimum absolute atomic E-state index is 0.0427. The van der Waals surface area contributed by atoms with E-state index in [4.69, 9.17) is 4.42 Å². The average Bonchev–Trinajstić information content (AvgIpc) is 3.29. The second-order valence-electron chi connectivity index (χ2n) is 7.85. The van der Waals surface area contributed by atoms with Crippen LogP contribution in [0.3, 0.4) is 0 Å². The summed E-state index contributed by atoms with van der Waals surface area (Å²) in [6.07, 6.45) is 4.37. The number of hydrogen-bond donors (Lipinski definition) is 1. The lowest BCUT2D eigenvalue weighted by Crippen LogP contribution is -2.50. The Kier molecular flexibility index (Phi) is 6.26. The lowest BCUT2D eigenvalue weighted by molar-refractivity contribution is -0.137. The van der Waals surface area contributed by atoms with Crippen LogP contribution in [-0.2, 0) is 11.2 Å². The van der Waals surface area contributed by atoms with Gasteiger partial charge >= 0.3 is 0 Å². The van der Waals surface area contributed by atoms with E-state index in [1.807, 2.05) is 35.2 Å². The zero-order chi connectivity index (χ0) is 19.3. The summed E-state index contributed by atoms with van der Waals surface area (Å²) in [4.78, 5) is 14.7. The molecule has 27 heavy (non-hydrogen) atoms. The first kappa shape index (κ1) is 19.5. The molecule has 1 amide bonds. The Morgan fingerprint density at radius 1 is 1.30 bits per heavy atom. The lowest BCUT2D eigenvalue weighted by Gasteiger charge is -2.38. The van der Waals surface area contributed by atoms with Crippen LogP contribution in [0, 0.1) is 5.92 Å². The molecule has 2 heterocycles. The van der Waals surface area contributed by atoms with Crippen LogP contribution in [0.2, 0.25) is 0 Å². The van der Waals surface area contributed by atoms with Crippen LogP contribution in [0.4, 0.5) is 0 Å². The van der Waals surface area contributed by atoms with E-state index in [9.17, 15) is 9.90 Å². The van der Waals surface area contributed by atoms with E-state index in [2.05, 4.69) is 24.0 Å². The number of likely N-dealkylation sites (tertiary alicyclic amines) is 1. The van der Waals surface area contributed by atoms with E-state index < -0.39 is 0 Å². The first-order valence-corrected chi connectivity index (χ1v) is 9.83. The third kappa shape index (κ3) is 4.56. The second kappa shape index (κ2) is 8.65. The Hall–Kier alpha value is -2.21. The first-order valence-electron chi connectivity index (χ1n) is 9.83. The lowest BCUT2D eigenvalue weighted by atomic mass is 9.87. The molecule has 1 atom stereocenters. The van der Waals surface area contributed by atoms with E-state index in [0.29, 0.717) is 37.0 Å². The molecule has 1 saturated heterocycles. The summed E-state index contributed by atoms with van der Waals surface area (Å²) in [7, 11) is 0. The fourth-order valence-electron chi connectivity index (χ4n) is 4.11. The number of hydrogen-bond acceptors (Lipinski definition) is 5. The third-order valence-corrected chi connectivity index (χ3v) is 5.25. The fraction of sp³-hybridized carbons (Fsp3) is 0.571. The molecule has 0 radical (unpaired) electrons. The fourth-order valence-corrected chi connectivity index (χ4v) is 4.11. The van der Waals surface area contributed by atoms with E-state index in [0.717, 1.165) is 31.4 Å². The summed E-state index contributed by atoms with van der Waals surface area (Å²) in [6, 6.07) is 9.65. The number of aryl methyl sites for hydroxylation is 1. The van der Waals surface area contributed by atoms with Crippen LogP contribution in [0.5, 0.6) is 0 Å². The molecule has 1 aliphatic heterocycles. The summed E-state index contributed by atoms with van der Waals surface area (Å²) in [5, 5.41) is 18.1. The molecule has 1 fully saturated rings. The van der Waals surface area contributed by atoms with Gasteiger partial charge in [0.05, 0.1) is 12.1 Å². The van der Waals surface area contributed by atoms with Crippen molar-refractivity contribution >= 4 is 5.91 Å². The Balaban J connectivity index is 1.54. The number of nitrogens with zero attached hydrogens (tertiary/aromatic N) is 3. The molecular formula is C21H29N3O3. The van der Waals surface area contributed by atoms with Crippen LogP contribution >= 0.6 is 0 Å². The molecule has 1 aromatic heterocycles. The third-order valence-electron chi connectivity index (χ3n) is 5.25. The monoisotopic (exact) mass is 371 g/mol. The van der Waals surface area contributed by atoms with Gasteiger partial charge in [-0.3, -0.25) is 4.79 Å². The molecule has 6 heteroatoms. The van der Waals surface area contributed by atoms with Crippen molar-refractivity contribution in [3.05, 3.63) is 36.2 Å². The van der Waals surface area contributed by atoms with Crippen molar-refractivity contribution in [1.29, 1.82) is 0 Å². The Morgan fingerprint density at radius 3 is 2.78 bits per heavy atom. The summed E-state index contributed by atoms with van der Waals surface area (Å²) >= 11 is 0. The molecule has 2 aromatic rings. The zero-order valence-corrected chi connectivity index (χ0v) is 16.2. The SMILES string of the molecule is CC(C)C[C@]1(CO)CCCN1C(=O)CCCc1nnc(-c2ccccc2)o1. The van der Waals surface area contributed by atoms with Gasteiger partial charge in [0, 0.05) is 24.9 Å². The van der Waals surface area contributed by atoms with Gasteiger partial charge in [-0.2, -0.15) is 0 Å². The van der Waals surface area contributed by atoms with Crippen molar-refractivity contribution in [2.24, 2.45) is 5.92 Å². The first-order chi connectivity index (χ1) is 13.0. The van der Waals surface area contributed by atoms with Crippen molar-refractivity contribution in [2.75, 3.05) is 13.2 Å². The van der Waals surface area contributed by atoms with Crippen molar-refractivity contribution in [1.82, 2.24) is 15.1 Å². The number of benzene rings is 1. The maximum absolute atomic E-state index is 12.8. The van der Waals surface area contributed by atoms with Crippen molar-refractivity contribution < 1.29 is 14.3 Å². The number of carbonyl (C=O) groups excluding carboxylic acids is 1. The minimum atomic E-state index is -0.379. The van der Waals surface area contributed by atoms with Gasteiger partial charge in [0.2, 0.25) is 17.7 Å². The summed E-state index contributed by atoms with van der Waals surface area (Å²) in [6.45, 7) is 5.06. The van der Waals surface area contributed by atoms with E-state index in [1.54, 1.807) is 0 Å². The average molecular weight is 371 g/mol. The van der Waals surface area contributed by atoms with Crippen molar-refractivity contribution in [2.45, 2.75) is 57.9 Å². The quantitative estimate of drug-likeness (QED) is 0.769.